The first-order valence-electron chi connectivity index (χ1n) is 11.6. The lowest BCUT2D eigenvalue weighted by atomic mass is 9.77. The fourth-order valence-electron chi connectivity index (χ4n) is 5.15. The molecule has 0 radical (unpaired) electrons. The van der Waals surface area contributed by atoms with E-state index in [0.717, 1.165) is 49.3 Å². The van der Waals surface area contributed by atoms with Crippen molar-refractivity contribution in [3.63, 3.8) is 0 Å². The standard InChI is InChI=1S/C28H31NO2/c30-25-18-24-9-8-23(21-6-2-1-3-7-21)19-27(24)28(20-25)22-10-12-26(13-11-22)31-17-16-29-14-4-5-15-29/h1-3,6-7,10-13,18,20,23,30H,4-5,8-9,14-17,19H2/t23-/m0/s1. The van der Waals surface area contributed by atoms with Crippen molar-refractivity contribution in [3.05, 3.63) is 83.4 Å². The van der Waals surface area contributed by atoms with Gasteiger partial charge in [0.15, 0.2) is 0 Å². The SMILES string of the molecule is Oc1cc2c(c(-c3ccc(OCCN4CCCC4)cc3)c1)C[C@@H](c1ccccc1)CC2. The van der Waals surface area contributed by atoms with Crippen LogP contribution in [-0.4, -0.2) is 36.2 Å². The summed E-state index contributed by atoms with van der Waals surface area (Å²) in [5.74, 6) is 1.81. The highest BCUT2D eigenvalue weighted by atomic mass is 16.5. The van der Waals surface area contributed by atoms with Crippen LogP contribution < -0.4 is 4.74 Å². The number of likely N-dealkylation sites (tertiary alicyclic amines) is 1. The van der Waals surface area contributed by atoms with Crippen LogP contribution in [0.25, 0.3) is 11.1 Å². The van der Waals surface area contributed by atoms with Crippen LogP contribution in [0.2, 0.25) is 0 Å². The first-order valence-corrected chi connectivity index (χ1v) is 11.6. The number of phenolic OH excluding ortho intramolecular Hbond substituents is 1. The Hall–Kier alpha value is -2.78. The minimum atomic E-state index is 0.359. The summed E-state index contributed by atoms with van der Waals surface area (Å²) in [6, 6.07) is 23.1. The Kier molecular flexibility index (Phi) is 5.95. The summed E-state index contributed by atoms with van der Waals surface area (Å²) in [7, 11) is 0. The van der Waals surface area contributed by atoms with Crippen molar-refractivity contribution in [1.29, 1.82) is 0 Å². The van der Waals surface area contributed by atoms with Gasteiger partial charge in [0.2, 0.25) is 0 Å². The van der Waals surface area contributed by atoms with Gasteiger partial charge in [0.25, 0.3) is 0 Å². The molecule has 160 valence electrons. The maximum absolute atomic E-state index is 10.4. The predicted octanol–water partition coefficient (Wildman–Crippen LogP) is 5.81. The van der Waals surface area contributed by atoms with Gasteiger partial charge in [-0.05, 0) is 103 Å². The van der Waals surface area contributed by atoms with Crippen molar-refractivity contribution in [2.75, 3.05) is 26.2 Å². The predicted molar refractivity (Wildman–Crippen MR) is 126 cm³/mol. The largest absolute Gasteiger partial charge is 0.508 e. The Morgan fingerprint density at radius 1 is 0.935 bits per heavy atom. The lowest BCUT2D eigenvalue weighted by Crippen LogP contribution is -2.25. The van der Waals surface area contributed by atoms with Gasteiger partial charge >= 0.3 is 0 Å². The number of aryl methyl sites for hydroxylation is 1. The average molecular weight is 414 g/mol. The molecular weight excluding hydrogens is 382 g/mol. The molecule has 1 N–H and O–H groups in total. The fourth-order valence-corrected chi connectivity index (χ4v) is 5.15. The summed E-state index contributed by atoms with van der Waals surface area (Å²) >= 11 is 0. The number of ether oxygens (including phenoxy) is 1. The Bertz CT molecular complexity index is 1010. The Labute approximate surface area is 185 Å². The number of rotatable bonds is 6. The molecule has 5 rings (SSSR count). The lowest BCUT2D eigenvalue weighted by Gasteiger charge is -2.27. The first-order chi connectivity index (χ1) is 15.3. The van der Waals surface area contributed by atoms with E-state index in [4.69, 9.17) is 4.74 Å². The molecule has 3 aromatic rings. The quantitative estimate of drug-likeness (QED) is 0.554. The molecule has 1 aliphatic carbocycles. The normalized spacial score (nSPS) is 18.6. The van der Waals surface area contributed by atoms with Crippen molar-refractivity contribution < 1.29 is 9.84 Å². The maximum atomic E-state index is 10.4. The van der Waals surface area contributed by atoms with Crippen molar-refractivity contribution in [1.82, 2.24) is 4.90 Å². The van der Waals surface area contributed by atoms with Gasteiger partial charge in [-0.15, -0.1) is 0 Å². The summed E-state index contributed by atoms with van der Waals surface area (Å²) < 4.78 is 5.98. The topological polar surface area (TPSA) is 32.7 Å². The van der Waals surface area contributed by atoms with Gasteiger partial charge in [0, 0.05) is 6.54 Å². The molecule has 0 unspecified atom stereocenters. The van der Waals surface area contributed by atoms with Crippen LogP contribution in [0.15, 0.2) is 66.7 Å². The lowest BCUT2D eigenvalue weighted by molar-refractivity contribution is 0.238. The number of fused-ring (bicyclic) bond motifs is 1. The highest BCUT2D eigenvalue weighted by Gasteiger charge is 2.23. The molecule has 0 amide bonds. The molecule has 1 aliphatic heterocycles. The second-order valence-corrected chi connectivity index (χ2v) is 8.90. The van der Waals surface area contributed by atoms with Crippen LogP contribution in [-0.2, 0) is 12.8 Å². The highest BCUT2D eigenvalue weighted by Crippen LogP contribution is 2.40. The molecule has 1 fully saturated rings. The van der Waals surface area contributed by atoms with Gasteiger partial charge in [-0.25, -0.2) is 0 Å². The van der Waals surface area contributed by atoms with E-state index in [1.807, 2.05) is 12.1 Å². The second-order valence-electron chi connectivity index (χ2n) is 8.90. The van der Waals surface area contributed by atoms with E-state index in [9.17, 15) is 5.11 Å². The number of nitrogens with zero attached hydrogens (tertiary/aromatic N) is 1. The zero-order valence-corrected chi connectivity index (χ0v) is 18.1. The molecule has 0 bridgehead atoms. The van der Waals surface area contributed by atoms with Crippen molar-refractivity contribution in [2.45, 2.75) is 38.0 Å². The molecule has 0 saturated carbocycles. The highest BCUT2D eigenvalue weighted by molar-refractivity contribution is 5.72. The van der Waals surface area contributed by atoms with Gasteiger partial charge < -0.3 is 9.84 Å². The number of hydrogen-bond donors (Lipinski definition) is 1. The summed E-state index contributed by atoms with van der Waals surface area (Å²) in [6.45, 7) is 4.14. The summed E-state index contributed by atoms with van der Waals surface area (Å²) in [6.07, 6.45) is 5.78. The third-order valence-electron chi connectivity index (χ3n) is 6.85. The number of hydrogen-bond acceptors (Lipinski definition) is 3. The van der Waals surface area contributed by atoms with Crippen LogP contribution in [0.5, 0.6) is 11.5 Å². The van der Waals surface area contributed by atoms with E-state index in [1.165, 1.54) is 42.6 Å². The van der Waals surface area contributed by atoms with Gasteiger partial charge in [-0.2, -0.15) is 0 Å². The summed E-state index contributed by atoms with van der Waals surface area (Å²) in [4.78, 5) is 2.47. The minimum absolute atomic E-state index is 0.359. The van der Waals surface area contributed by atoms with Crippen LogP contribution >= 0.6 is 0 Å². The van der Waals surface area contributed by atoms with Gasteiger partial charge in [0.05, 0.1) is 0 Å². The third kappa shape index (κ3) is 4.62. The van der Waals surface area contributed by atoms with Gasteiger partial charge in [-0.1, -0.05) is 42.5 Å². The molecule has 1 atom stereocenters. The number of aromatic hydroxyl groups is 1. The van der Waals surface area contributed by atoms with Crippen molar-refractivity contribution >= 4 is 0 Å². The van der Waals surface area contributed by atoms with E-state index < -0.39 is 0 Å². The van der Waals surface area contributed by atoms with E-state index in [0.29, 0.717) is 11.7 Å². The molecule has 3 heteroatoms. The van der Waals surface area contributed by atoms with Crippen LogP contribution in [0.3, 0.4) is 0 Å². The zero-order chi connectivity index (χ0) is 21.0. The monoisotopic (exact) mass is 413 g/mol. The molecular formula is C28H31NO2. The number of phenols is 1. The van der Waals surface area contributed by atoms with Crippen LogP contribution in [0.1, 0.15) is 41.9 Å². The van der Waals surface area contributed by atoms with E-state index in [-0.39, 0.29) is 0 Å². The summed E-state index contributed by atoms with van der Waals surface area (Å²) in [5.41, 5.74) is 6.37. The van der Waals surface area contributed by atoms with E-state index in [2.05, 4.69) is 59.5 Å². The fraction of sp³-hybridized carbons (Fsp3) is 0.357. The molecule has 2 aliphatic rings. The molecule has 1 saturated heterocycles. The van der Waals surface area contributed by atoms with Crippen molar-refractivity contribution in [2.24, 2.45) is 0 Å². The summed E-state index contributed by atoms with van der Waals surface area (Å²) in [5, 5.41) is 10.4. The Balaban J connectivity index is 1.33. The molecule has 0 spiro atoms. The van der Waals surface area contributed by atoms with Crippen molar-refractivity contribution in [3.8, 4) is 22.6 Å². The molecule has 31 heavy (non-hydrogen) atoms. The molecule has 3 nitrogen and oxygen atoms in total. The van der Waals surface area contributed by atoms with Crippen LogP contribution in [0, 0.1) is 0 Å². The third-order valence-corrected chi connectivity index (χ3v) is 6.85. The zero-order valence-electron chi connectivity index (χ0n) is 18.1. The van der Waals surface area contributed by atoms with Crippen LogP contribution in [0.4, 0.5) is 0 Å². The molecule has 0 aromatic heterocycles. The van der Waals surface area contributed by atoms with Gasteiger partial charge in [0.1, 0.15) is 18.1 Å². The molecule has 1 heterocycles. The Morgan fingerprint density at radius 3 is 2.48 bits per heavy atom. The smallest absolute Gasteiger partial charge is 0.119 e. The minimum Gasteiger partial charge on any atom is -0.508 e. The first kappa shape index (κ1) is 20.1. The number of benzene rings is 3. The van der Waals surface area contributed by atoms with E-state index in [1.54, 1.807) is 0 Å². The van der Waals surface area contributed by atoms with E-state index >= 15 is 0 Å². The molecule has 3 aromatic carbocycles. The Morgan fingerprint density at radius 2 is 1.71 bits per heavy atom. The van der Waals surface area contributed by atoms with Gasteiger partial charge in [-0.3, -0.25) is 4.90 Å². The average Bonchev–Trinajstić information content (AvgIpc) is 3.33. The maximum Gasteiger partial charge on any atom is 0.119 e. The second kappa shape index (κ2) is 9.15.